The molecule has 5 amide bonds. The van der Waals surface area contributed by atoms with Gasteiger partial charge in [0.15, 0.2) is 0 Å². The number of nitrogens with one attached hydrogen (secondary N) is 2. The van der Waals surface area contributed by atoms with Gasteiger partial charge in [-0.2, -0.15) is 0 Å². The van der Waals surface area contributed by atoms with Crippen molar-refractivity contribution in [1.82, 2.24) is 15.5 Å². The summed E-state index contributed by atoms with van der Waals surface area (Å²) in [6.07, 6.45) is 0.303. The molecule has 8 heteroatoms. The van der Waals surface area contributed by atoms with E-state index in [1.54, 1.807) is 11.9 Å². The largest absolute Gasteiger partial charge is 0.354 e. The van der Waals surface area contributed by atoms with Gasteiger partial charge in [-0.05, 0) is 11.6 Å². The second-order valence-electron chi connectivity index (χ2n) is 5.86. The molecule has 0 spiro atoms. The molecule has 1 atom stereocenters. The highest BCUT2D eigenvalue weighted by molar-refractivity contribution is 6.04. The van der Waals surface area contributed by atoms with Crippen molar-refractivity contribution in [3.63, 3.8) is 0 Å². The van der Waals surface area contributed by atoms with Gasteiger partial charge in [-0.25, -0.2) is 4.79 Å². The van der Waals surface area contributed by atoms with Gasteiger partial charge in [-0.3, -0.25) is 19.3 Å². The van der Waals surface area contributed by atoms with Gasteiger partial charge in [-0.1, -0.05) is 18.2 Å². The van der Waals surface area contributed by atoms with Crippen molar-refractivity contribution in [1.29, 1.82) is 0 Å². The summed E-state index contributed by atoms with van der Waals surface area (Å²) in [4.78, 5) is 49.5. The Morgan fingerprint density at radius 3 is 2.71 bits per heavy atom. The van der Waals surface area contributed by atoms with Crippen molar-refractivity contribution in [2.75, 3.05) is 31.6 Å². The summed E-state index contributed by atoms with van der Waals surface area (Å²) < 4.78 is 0. The van der Waals surface area contributed by atoms with Crippen LogP contribution in [0.5, 0.6) is 0 Å². The van der Waals surface area contributed by atoms with Crippen molar-refractivity contribution in [2.45, 2.75) is 12.3 Å². The lowest BCUT2D eigenvalue weighted by molar-refractivity contribution is -0.130. The first-order valence-corrected chi connectivity index (χ1v) is 7.67. The molecule has 0 radical (unpaired) electrons. The molecule has 126 valence electrons. The molecule has 1 unspecified atom stereocenters. The highest BCUT2D eigenvalue weighted by Crippen LogP contribution is 2.34. The predicted octanol–water partition coefficient (Wildman–Crippen LogP) is -0.195. The van der Waals surface area contributed by atoms with E-state index < -0.39 is 17.8 Å². The van der Waals surface area contributed by atoms with E-state index in [1.165, 1.54) is 0 Å². The highest BCUT2D eigenvalue weighted by Gasteiger charge is 2.32. The third-order valence-electron chi connectivity index (χ3n) is 4.32. The molecule has 2 aliphatic rings. The molecule has 24 heavy (non-hydrogen) atoms. The maximum absolute atomic E-state index is 12.1. The van der Waals surface area contributed by atoms with Crippen LogP contribution in [-0.2, 0) is 14.4 Å². The van der Waals surface area contributed by atoms with Crippen LogP contribution in [0.3, 0.4) is 0 Å². The lowest BCUT2D eigenvalue weighted by Crippen LogP contribution is -2.43. The van der Waals surface area contributed by atoms with Crippen LogP contribution in [0, 0.1) is 0 Å². The molecule has 0 aliphatic carbocycles. The number of rotatable bonds is 4. The molecule has 1 aromatic carbocycles. The van der Waals surface area contributed by atoms with Gasteiger partial charge < -0.3 is 15.5 Å². The number of benzene rings is 1. The van der Waals surface area contributed by atoms with Crippen molar-refractivity contribution < 1.29 is 19.2 Å². The van der Waals surface area contributed by atoms with E-state index in [0.717, 1.165) is 16.2 Å². The van der Waals surface area contributed by atoms with Crippen LogP contribution in [0.4, 0.5) is 10.5 Å². The highest BCUT2D eigenvalue weighted by atomic mass is 16.2. The zero-order valence-electron chi connectivity index (χ0n) is 13.2. The van der Waals surface area contributed by atoms with Crippen LogP contribution in [0.2, 0.25) is 0 Å². The number of hydrogen-bond donors (Lipinski definition) is 2. The van der Waals surface area contributed by atoms with E-state index in [0.29, 0.717) is 6.42 Å². The minimum absolute atomic E-state index is 0.0120. The summed E-state index contributed by atoms with van der Waals surface area (Å²) in [6, 6.07) is 7.00. The predicted molar refractivity (Wildman–Crippen MR) is 85.3 cm³/mol. The zero-order valence-corrected chi connectivity index (χ0v) is 13.2. The van der Waals surface area contributed by atoms with E-state index in [9.17, 15) is 19.2 Å². The van der Waals surface area contributed by atoms with Crippen molar-refractivity contribution in [3.8, 4) is 0 Å². The molecule has 1 saturated heterocycles. The second-order valence-corrected chi connectivity index (χ2v) is 5.86. The maximum Gasteiger partial charge on any atom is 0.325 e. The number of nitrogens with zero attached hydrogens (tertiary/aromatic N) is 2. The average molecular weight is 330 g/mol. The summed E-state index contributed by atoms with van der Waals surface area (Å²) in [5.41, 5.74) is 1.83. The molecule has 1 fully saturated rings. The van der Waals surface area contributed by atoms with Crippen LogP contribution in [0.25, 0.3) is 0 Å². The van der Waals surface area contributed by atoms with Crippen LogP contribution < -0.4 is 15.5 Å². The number of anilines is 1. The van der Waals surface area contributed by atoms with E-state index in [4.69, 9.17) is 0 Å². The second kappa shape index (κ2) is 6.31. The Bertz CT molecular complexity index is 702. The molecule has 0 bridgehead atoms. The van der Waals surface area contributed by atoms with Crippen molar-refractivity contribution >= 4 is 29.4 Å². The lowest BCUT2D eigenvalue weighted by atomic mass is 9.89. The molecule has 3 rings (SSSR count). The summed E-state index contributed by atoms with van der Waals surface area (Å²) in [5, 5.41) is 5.07. The monoisotopic (exact) mass is 330 g/mol. The molecular formula is C16H18N4O4. The number of amides is 5. The molecule has 2 aliphatic heterocycles. The van der Waals surface area contributed by atoms with Gasteiger partial charge in [0.2, 0.25) is 11.8 Å². The van der Waals surface area contributed by atoms with Crippen molar-refractivity contribution in [3.05, 3.63) is 29.8 Å². The van der Waals surface area contributed by atoms with Crippen LogP contribution in [-0.4, -0.2) is 55.3 Å². The standard InChI is InChI=1S/C16H18N4O4/c1-19-12-5-3-2-4-11(12)10(6-14(19)22)7-17-13(21)9-20-15(23)8-18-16(20)24/h2-5,10H,6-9H2,1H3,(H,17,21)(H,18,24). The fourth-order valence-electron chi connectivity index (χ4n) is 2.96. The number of hydrogen-bond acceptors (Lipinski definition) is 4. The summed E-state index contributed by atoms with van der Waals surface area (Å²) in [5.74, 6) is -0.988. The lowest BCUT2D eigenvalue weighted by Gasteiger charge is -2.31. The number of imide groups is 1. The molecule has 2 N–H and O–H groups in total. The van der Waals surface area contributed by atoms with Crippen LogP contribution in [0.1, 0.15) is 17.9 Å². The number of urea groups is 1. The summed E-state index contributed by atoms with van der Waals surface area (Å²) in [7, 11) is 1.73. The molecule has 0 aromatic heterocycles. The summed E-state index contributed by atoms with van der Waals surface area (Å²) >= 11 is 0. The van der Waals surface area contributed by atoms with E-state index in [-0.39, 0.29) is 31.5 Å². The quantitative estimate of drug-likeness (QED) is 0.747. The topological polar surface area (TPSA) is 98.8 Å². The fourth-order valence-corrected chi connectivity index (χ4v) is 2.96. The van der Waals surface area contributed by atoms with Crippen LogP contribution >= 0.6 is 0 Å². The third-order valence-corrected chi connectivity index (χ3v) is 4.32. The summed E-state index contributed by atoms with van der Waals surface area (Å²) in [6.45, 7) is -0.116. The third kappa shape index (κ3) is 2.94. The van der Waals surface area contributed by atoms with Gasteiger partial charge in [0.05, 0.1) is 6.54 Å². The number of para-hydroxylation sites is 1. The maximum atomic E-state index is 12.1. The normalized spacial score (nSPS) is 20.0. The first kappa shape index (κ1) is 16.0. The van der Waals surface area contributed by atoms with E-state index >= 15 is 0 Å². The Hall–Kier alpha value is -2.90. The zero-order chi connectivity index (χ0) is 17.3. The van der Waals surface area contributed by atoms with Crippen LogP contribution in [0.15, 0.2) is 24.3 Å². The molecule has 8 nitrogen and oxygen atoms in total. The number of fused-ring (bicyclic) bond motifs is 1. The molecule has 0 saturated carbocycles. The minimum Gasteiger partial charge on any atom is -0.354 e. The Balaban J connectivity index is 1.63. The van der Waals surface area contributed by atoms with Gasteiger partial charge in [0.25, 0.3) is 5.91 Å². The fraction of sp³-hybridized carbons (Fsp3) is 0.375. The molecular weight excluding hydrogens is 312 g/mol. The van der Waals surface area contributed by atoms with Gasteiger partial charge in [-0.15, -0.1) is 0 Å². The van der Waals surface area contributed by atoms with E-state index in [1.807, 2.05) is 24.3 Å². The van der Waals surface area contributed by atoms with Gasteiger partial charge >= 0.3 is 6.03 Å². The number of carbonyl (C=O) groups excluding carboxylic acids is 4. The molecule has 1 aromatic rings. The molecule has 2 heterocycles. The van der Waals surface area contributed by atoms with Gasteiger partial charge in [0.1, 0.15) is 6.54 Å². The van der Waals surface area contributed by atoms with Crippen molar-refractivity contribution in [2.24, 2.45) is 0 Å². The van der Waals surface area contributed by atoms with E-state index in [2.05, 4.69) is 10.6 Å². The number of carbonyl (C=O) groups is 4. The first-order valence-electron chi connectivity index (χ1n) is 7.67. The van der Waals surface area contributed by atoms with Gasteiger partial charge in [0, 0.05) is 31.6 Å². The Labute approximate surface area is 138 Å². The Kier molecular flexibility index (Phi) is 4.20. The minimum atomic E-state index is -0.560. The SMILES string of the molecule is CN1C(=O)CC(CNC(=O)CN2C(=O)CNC2=O)c2ccccc21. The first-order chi connectivity index (χ1) is 11.5. The smallest absolute Gasteiger partial charge is 0.325 e. The average Bonchev–Trinajstić information content (AvgIpc) is 2.89. The Morgan fingerprint density at radius 1 is 1.25 bits per heavy atom. The Morgan fingerprint density at radius 2 is 2.00 bits per heavy atom.